The van der Waals surface area contributed by atoms with Crippen molar-refractivity contribution in [2.45, 2.75) is 52.7 Å². The number of aryl methyl sites for hydroxylation is 1. The van der Waals surface area contributed by atoms with E-state index in [9.17, 15) is 14.7 Å². The Labute approximate surface area is 153 Å². The molecule has 2 aromatic rings. The molecule has 1 aliphatic rings. The molecule has 6 nitrogen and oxygen atoms in total. The molecule has 0 radical (unpaired) electrons. The van der Waals surface area contributed by atoms with Gasteiger partial charge in [0.2, 0.25) is 5.91 Å². The molecular formula is C20H27N3O3. The van der Waals surface area contributed by atoms with E-state index in [0.29, 0.717) is 36.8 Å². The molecule has 3 rings (SSSR count). The van der Waals surface area contributed by atoms with E-state index >= 15 is 0 Å². The molecular weight excluding hydrogens is 330 g/mol. The van der Waals surface area contributed by atoms with E-state index in [4.69, 9.17) is 0 Å². The first kappa shape index (κ1) is 18.6. The van der Waals surface area contributed by atoms with Crippen molar-refractivity contribution in [3.63, 3.8) is 0 Å². The molecule has 0 spiro atoms. The summed E-state index contributed by atoms with van der Waals surface area (Å²) in [5, 5.41) is 11.5. The van der Waals surface area contributed by atoms with Gasteiger partial charge >= 0.3 is 0 Å². The topological polar surface area (TPSA) is 75.4 Å². The molecule has 0 saturated carbocycles. The first-order chi connectivity index (χ1) is 12.1. The van der Waals surface area contributed by atoms with Crippen molar-refractivity contribution in [2.75, 3.05) is 13.1 Å². The Kier molecular flexibility index (Phi) is 4.65. The highest BCUT2D eigenvalue weighted by Crippen LogP contribution is 2.27. The van der Waals surface area contributed by atoms with Crippen molar-refractivity contribution in [2.24, 2.45) is 5.41 Å². The summed E-state index contributed by atoms with van der Waals surface area (Å²) in [6.07, 6.45) is 2.41. The smallest absolute Gasteiger partial charge is 0.261 e. The number of carbonyl (C=O) groups is 1. The SMILES string of the molecule is Cc1ccc2c(=O)n(CC3(O)CCN(C(=O)C(C)(C)C)CC3)cnc2c1. The molecule has 6 heteroatoms. The zero-order valence-electron chi connectivity index (χ0n) is 16.0. The molecule has 0 aliphatic carbocycles. The average molecular weight is 357 g/mol. The van der Waals surface area contributed by atoms with Gasteiger partial charge in [0.1, 0.15) is 0 Å². The van der Waals surface area contributed by atoms with Gasteiger partial charge in [-0.2, -0.15) is 0 Å². The van der Waals surface area contributed by atoms with Gasteiger partial charge in [-0.15, -0.1) is 0 Å². The molecule has 0 unspecified atom stereocenters. The van der Waals surface area contributed by atoms with Gasteiger partial charge in [0.05, 0.1) is 29.4 Å². The highest BCUT2D eigenvalue weighted by Gasteiger charge is 2.37. The minimum atomic E-state index is -1.00. The Balaban J connectivity index is 1.77. The van der Waals surface area contributed by atoms with Gasteiger partial charge in [0, 0.05) is 18.5 Å². The summed E-state index contributed by atoms with van der Waals surface area (Å²) in [6, 6.07) is 5.55. The fourth-order valence-corrected chi connectivity index (χ4v) is 3.46. The largest absolute Gasteiger partial charge is 0.388 e. The van der Waals surface area contributed by atoms with Crippen LogP contribution in [0.1, 0.15) is 39.2 Å². The molecule has 1 aromatic heterocycles. The Bertz CT molecular complexity index is 887. The summed E-state index contributed by atoms with van der Waals surface area (Å²) in [5.41, 5.74) is 0.155. The maximum atomic E-state index is 12.7. The van der Waals surface area contributed by atoms with Crippen LogP contribution in [0.15, 0.2) is 29.3 Å². The minimum absolute atomic E-state index is 0.0967. The van der Waals surface area contributed by atoms with E-state index < -0.39 is 11.0 Å². The molecule has 1 aliphatic heterocycles. The quantitative estimate of drug-likeness (QED) is 0.893. The van der Waals surface area contributed by atoms with Crippen LogP contribution in [0.3, 0.4) is 0 Å². The second kappa shape index (κ2) is 6.50. The van der Waals surface area contributed by atoms with Crippen molar-refractivity contribution < 1.29 is 9.90 Å². The monoisotopic (exact) mass is 357 g/mol. The first-order valence-corrected chi connectivity index (χ1v) is 9.07. The second-order valence-electron chi connectivity index (χ2n) is 8.46. The van der Waals surface area contributed by atoms with E-state index in [0.717, 1.165) is 5.56 Å². The van der Waals surface area contributed by atoms with Gasteiger partial charge in [-0.25, -0.2) is 4.98 Å². The number of aliphatic hydroxyl groups is 1. The van der Waals surface area contributed by atoms with Gasteiger partial charge in [0.25, 0.3) is 5.56 Å². The Morgan fingerprint density at radius 1 is 1.27 bits per heavy atom. The molecule has 1 saturated heterocycles. The first-order valence-electron chi connectivity index (χ1n) is 9.07. The van der Waals surface area contributed by atoms with Crippen LogP contribution in [0.5, 0.6) is 0 Å². The lowest BCUT2D eigenvalue weighted by atomic mass is 9.88. The maximum Gasteiger partial charge on any atom is 0.261 e. The number of aromatic nitrogens is 2. The predicted molar refractivity (Wildman–Crippen MR) is 101 cm³/mol. The molecule has 0 atom stereocenters. The van der Waals surface area contributed by atoms with Gasteiger partial charge in [-0.05, 0) is 37.5 Å². The zero-order valence-corrected chi connectivity index (χ0v) is 16.0. The minimum Gasteiger partial charge on any atom is -0.388 e. The third-order valence-electron chi connectivity index (χ3n) is 5.07. The third kappa shape index (κ3) is 3.65. The molecule has 2 heterocycles. The Morgan fingerprint density at radius 3 is 2.54 bits per heavy atom. The summed E-state index contributed by atoms with van der Waals surface area (Å²) in [7, 11) is 0. The lowest BCUT2D eigenvalue weighted by Gasteiger charge is -2.40. The van der Waals surface area contributed by atoms with Crippen LogP contribution in [0.4, 0.5) is 0 Å². The Hall–Kier alpha value is -2.21. The van der Waals surface area contributed by atoms with Crippen LogP contribution in [0.2, 0.25) is 0 Å². The lowest BCUT2D eigenvalue weighted by Crippen LogP contribution is -2.51. The number of hydrogen-bond acceptors (Lipinski definition) is 4. The van der Waals surface area contributed by atoms with Crippen molar-refractivity contribution in [1.82, 2.24) is 14.5 Å². The average Bonchev–Trinajstić information content (AvgIpc) is 2.56. The number of likely N-dealkylation sites (tertiary alicyclic amines) is 1. The zero-order chi connectivity index (χ0) is 19.1. The summed E-state index contributed by atoms with van der Waals surface area (Å²) >= 11 is 0. The second-order valence-corrected chi connectivity index (χ2v) is 8.46. The molecule has 1 amide bonds. The normalized spacial score (nSPS) is 17.5. The number of hydrogen-bond donors (Lipinski definition) is 1. The molecule has 1 N–H and O–H groups in total. The van der Waals surface area contributed by atoms with E-state index in [1.165, 1.54) is 10.9 Å². The van der Waals surface area contributed by atoms with Gasteiger partial charge in [-0.1, -0.05) is 26.8 Å². The van der Waals surface area contributed by atoms with Crippen molar-refractivity contribution in [3.8, 4) is 0 Å². The van der Waals surface area contributed by atoms with Crippen molar-refractivity contribution in [3.05, 3.63) is 40.4 Å². The van der Waals surface area contributed by atoms with E-state index in [1.54, 1.807) is 11.0 Å². The summed E-state index contributed by atoms with van der Waals surface area (Å²) < 4.78 is 1.49. The predicted octanol–water partition coefficient (Wildman–Crippen LogP) is 2.10. The number of carbonyl (C=O) groups excluding carboxylic acids is 1. The lowest BCUT2D eigenvalue weighted by molar-refractivity contribution is -0.144. The van der Waals surface area contributed by atoms with Crippen LogP contribution < -0.4 is 5.56 Å². The van der Waals surface area contributed by atoms with E-state index in [1.807, 2.05) is 39.8 Å². The molecule has 0 bridgehead atoms. The van der Waals surface area contributed by atoms with Crippen LogP contribution in [-0.2, 0) is 11.3 Å². The summed E-state index contributed by atoms with van der Waals surface area (Å²) in [6.45, 7) is 8.86. The van der Waals surface area contributed by atoms with Crippen LogP contribution >= 0.6 is 0 Å². The number of rotatable bonds is 2. The van der Waals surface area contributed by atoms with Crippen molar-refractivity contribution >= 4 is 16.8 Å². The summed E-state index contributed by atoms with van der Waals surface area (Å²) in [5.74, 6) is 0.0967. The van der Waals surface area contributed by atoms with E-state index in [2.05, 4.69) is 4.98 Å². The fourth-order valence-electron chi connectivity index (χ4n) is 3.46. The number of benzene rings is 1. The van der Waals surface area contributed by atoms with E-state index in [-0.39, 0.29) is 18.0 Å². The van der Waals surface area contributed by atoms with Crippen molar-refractivity contribution in [1.29, 1.82) is 0 Å². The number of piperidine rings is 1. The molecule has 1 aromatic carbocycles. The van der Waals surface area contributed by atoms with Crippen LogP contribution in [0.25, 0.3) is 10.9 Å². The van der Waals surface area contributed by atoms with Gasteiger partial charge in [-0.3, -0.25) is 14.2 Å². The third-order valence-corrected chi connectivity index (χ3v) is 5.07. The maximum absolute atomic E-state index is 12.7. The standard InChI is InChI=1S/C20H27N3O3/c1-14-5-6-15-16(11-14)21-13-23(17(15)24)12-20(26)7-9-22(10-8-20)18(25)19(2,3)4/h5-6,11,13,26H,7-10,12H2,1-4H3. The Morgan fingerprint density at radius 2 is 1.92 bits per heavy atom. The van der Waals surface area contributed by atoms with Gasteiger partial charge < -0.3 is 10.0 Å². The molecule has 26 heavy (non-hydrogen) atoms. The fraction of sp³-hybridized carbons (Fsp3) is 0.550. The highest BCUT2D eigenvalue weighted by atomic mass is 16.3. The highest BCUT2D eigenvalue weighted by molar-refractivity contribution is 5.81. The van der Waals surface area contributed by atoms with Crippen LogP contribution in [-0.4, -0.2) is 44.2 Å². The van der Waals surface area contributed by atoms with Crippen LogP contribution in [0, 0.1) is 12.3 Å². The summed E-state index contributed by atoms with van der Waals surface area (Å²) in [4.78, 5) is 31.3. The molecule has 1 fully saturated rings. The number of amides is 1. The number of nitrogens with zero attached hydrogens (tertiary/aromatic N) is 3. The molecule has 140 valence electrons. The van der Waals surface area contributed by atoms with Gasteiger partial charge in [0.15, 0.2) is 0 Å². The number of fused-ring (bicyclic) bond motifs is 1.